The lowest BCUT2D eigenvalue weighted by atomic mass is 9.89. The molecular weight excluding hydrogens is 262 g/mol. The molecule has 0 aliphatic heterocycles. The number of nitrogens with two attached hydrogens (primary N) is 1. The van der Waals surface area contributed by atoms with Crippen molar-refractivity contribution < 1.29 is 9.47 Å². The van der Waals surface area contributed by atoms with Crippen molar-refractivity contribution >= 4 is 0 Å². The van der Waals surface area contributed by atoms with Crippen LogP contribution < -0.4 is 10.5 Å². The van der Waals surface area contributed by atoms with Crippen molar-refractivity contribution in [2.75, 3.05) is 19.8 Å². The van der Waals surface area contributed by atoms with Crippen LogP contribution in [0.3, 0.4) is 0 Å². The molecule has 2 rings (SSSR count). The summed E-state index contributed by atoms with van der Waals surface area (Å²) in [7, 11) is 0. The second-order valence-corrected chi connectivity index (χ2v) is 5.63. The van der Waals surface area contributed by atoms with Crippen molar-refractivity contribution in [1.82, 2.24) is 0 Å². The second kappa shape index (κ2) is 8.71. The molecule has 1 aliphatic carbocycles. The minimum Gasteiger partial charge on any atom is -0.491 e. The summed E-state index contributed by atoms with van der Waals surface area (Å²) in [4.78, 5) is 0. The van der Waals surface area contributed by atoms with Crippen LogP contribution in [-0.2, 0) is 4.74 Å². The summed E-state index contributed by atoms with van der Waals surface area (Å²) < 4.78 is 11.6. The highest BCUT2D eigenvalue weighted by molar-refractivity contribution is 5.39. The molecule has 1 aromatic rings. The first-order valence-corrected chi connectivity index (χ1v) is 7.81. The van der Waals surface area contributed by atoms with Gasteiger partial charge in [-0.1, -0.05) is 24.8 Å². The summed E-state index contributed by atoms with van der Waals surface area (Å²) in [5, 5.41) is 0. The van der Waals surface area contributed by atoms with Crippen LogP contribution in [0.2, 0.25) is 0 Å². The fraction of sp³-hybridized carbons (Fsp3) is 0.556. The molecule has 0 unspecified atom stereocenters. The van der Waals surface area contributed by atoms with Gasteiger partial charge in [0, 0.05) is 5.56 Å². The standard InChI is InChI=1S/C18H25NO2/c1-15-7-9-17(10-8-15)20-12-13-21-18-6-2-4-16(14-18)5-3-11-19/h2,4,6,14-15,17H,7-13,19H2,1H3. The first-order valence-electron chi connectivity index (χ1n) is 7.81. The molecule has 0 heterocycles. The van der Waals surface area contributed by atoms with Gasteiger partial charge in [0.1, 0.15) is 12.4 Å². The van der Waals surface area contributed by atoms with Crippen molar-refractivity contribution in [2.45, 2.75) is 38.7 Å². The Balaban J connectivity index is 1.68. The molecule has 21 heavy (non-hydrogen) atoms. The largest absolute Gasteiger partial charge is 0.491 e. The van der Waals surface area contributed by atoms with Crippen LogP contribution in [0.5, 0.6) is 5.75 Å². The topological polar surface area (TPSA) is 44.5 Å². The minimum atomic E-state index is 0.374. The Morgan fingerprint density at radius 2 is 2.00 bits per heavy atom. The molecule has 0 saturated heterocycles. The molecule has 0 atom stereocenters. The van der Waals surface area contributed by atoms with E-state index in [2.05, 4.69) is 18.8 Å². The minimum absolute atomic E-state index is 0.374. The van der Waals surface area contributed by atoms with Crippen LogP contribution in [0.4, 0.5) is 0 Å². The smallest absolute Gasteiger partial charge is 0.120 e. The predicted molar refractivity (Wildman–Crippen MR) is 85.2 cm³/mol. The Hall–Kier alpha value is -1.50. The van der Waals surface area contributed by atoms with Crippen LogP contribution in [0.15, 0.2) is 24.3 Å². The van der Waals surface area contributed by atoms with E-state index in [1.165, 1.54) is 25.7 Å². The summed E-state index contributed by atoms with van der Waals surface area (Å²) in [6.07, 6.45) is 5.36. The van der Waals surface area contributed by atoms with Gasteiger partial charge in [0.25, 0.3) is 0 Å². The summed E-state index contributed by atoms with van der Waals surface area (Å²) in [6.45, 7) is 3.93. The van der Waals surface area contributed by atoms with E-state index in [0.717, 1.165) is 17.2 Å². The van der Waals surface area contributed by atoms with Gasteiger partial charge in [-0.2, -0.15) is 0 Å². The maximum atomic E-state index is 5.88. The first-order chi connectivity index (χ1) is 10.3. The Kier molecular flexibility index (Phi) is 6.59. The van der Waals surface area contributed by atoms with Gasteiger partial charge >= 0.3 is 0 Å². The summed E-state index contributed by atoms with van der Waals surface area (Å²) in [5.74, 6) is 7.54. The average molecular weight is 287 g/mol. The maximum Gasteiger partial charge on any atom is 0.120 e. The van der Waals surface area contributed by atoms with Crippen LogP contribution in [0.1, 0.15) is 38.2 Å². The van der Waals surface area contributed by atoms with Crippen LogP contribution in [-0.4, -0.2) is 25.9 Å². The molecule has 0 amide bonds. The van der Waals surface area contributed by atoms with Crippen LogP contribution in [0.25, 0.3) is 0 Å². The molecule has 3 heteroatoms. The molecule has 1 aliphatic rings. The SMILES string of the molecule is CC1CCC(OCCOc2cccc(C#CCN)c2)CC1. The highest BCUT2D eigenvalue weighted by Crippen LogP contribution is 2.25. The number of hydrogen-bond acceptors (Lipinski definition) is 3. The zero-order chi connectivity index (χ0) is 14.9. The van der Waals surface area contributed by atoms with Crippen molar-refractivity contribution in [3.63, 3.8) is 0 Å². The van der Waals surface area contributed by atoms with Crippen LogP contribution in [0, 0.1) is 17.8 Å². The third-order valence-corrected chi connectivity index (χ3v) is 3.84. The normalized spacial score (nSPS) is 21.4. The third kappa shape index (κ3) is 5.79. The molecule has 114 valence electrons. The first kappa shape index (κ1) is 15.9. The van der Waals surface area contributed by atoms with E-state index in [4.69, 9.17) is 15.2 Å². The lowest BCUT2D eigenvalue weighted by Gasteiger charge is -2.26. The average Bonchev–Trinajstić information content (AvgIpc) is 2.52. The third-order valence-electron chi connectivity index (χ3n) is 3.84. The number of benzene rings is 1. The molecule has 0 bridgehead atoms. The molecule has 1 saturated carbocycles. The fourth-order valence-corrected chi connectivity index (χ4v) is 2.59. The molecule has 2 N–H and O–H groups in total. The summed E-state index contributed by atoms with van der Waals surface area (Å²) in [6, 6.07) is 7.77. The predicted octanol–water partition coefficient (Wildman–Crippen LogP) is 2.97. The molecule has 0 spiro atoms. The van der Waals surface area contributed by atoms with Crippen molar-refractivity contribution in [3.8, 4) is 17.6 Å². The Morgan fingerprint density at radius 3 is 2.76 bits per heavy atom. The molecular formula is C18H25NO2. The van der Waals surface area contributed by atoms with Crippen molar-refractivity contribution in [2.24, 2.45) is 11.7 Å². The van der Waals surface area contributed by atoms with E-state index >= 15 is 0 Å². The van der Waals surface area contributed by atoms with Gasteiger partial charge in [0.05, 0.1) is 19.3 Å². The van der Waals surface area contributed by atoms with E-state index in [0.29, 0.717) is 25.9 Å². The molecule has 3 nitrogen and oxygen atoms in total. The molecule has 0 aromatic heterocycles. The maximum absolute atomic E-state index is 5.88. The number of hydrogen-bond donors (Lipinski definition) is 1. The molecule has 0 radical (unpaired) electrons. The van der Waals surface area contributed by atoms with Gasteiger partial charge in [-0.25, -0.2) is 0 Å². The Morgan fingerprint density at radius 1 is 1.19 bits per heavy atom. The lowest BCUT2D eigenvalue weighted by Crippen LogP contribution is -2.22. The van der Waals surface area contributed by atoms with E-state index in [9.17, 15) is 0 Å². The van der Waals surface area contributed by atoms with E-state index in [-0.39, 0.29) is 0 Å². The van der Waals surface area contributed by atoms with Crippen LogP contribution >= 0.6 is 0 Å². The number of ether oxygens (including phenoxy) is 2. The molecule has 1 aromatic carbocycles. The van der Waals surface area contributed by atoms with Crippen molar-refractivity contribution in [1.29, 1.82) is 0 Å². The lowest BCUT2D eigenvalue weighted by molar-refractivity contribution is 0.00570. The van der Waals surface area contributed by atoms with Gasteiger partial charge in [-0.05, 0) is 49.8 Å². The zero-order valence-electron chi connectivity index (χ0n) is 12.8. The summed E-state index contributed by atoms with van der Waals surface area (Å²) in [5.41, 5.74) is 6.30. The van der Waals surface area contributed by atoms with Gasteiger partial charge in [0.2, 0.25) is 0 Å². The number of rotatable bonds is 5. The Labute approximate surface area is 127 Å². The second-order valence-electron chi connectivity index (χ2n) is 5.63. The molecule has 1 fully saturated rings. The van der Waals surface area contributed by atoms with E-state index in [1.807, 2.05) is 24.3 Å². The van der Waals surface area contributed by atoms with E-state index in [1.54, 1.807) is 0 Å². The van der Waals surface area contributed by atoms with Gasteiger partial charge in [-0.3, -0.25) is 0 Å². The Bertz CT molecular complexity index is 481. The quantitative estimate of drug-likeness (QED) is 0.669. The van der Waals surface area contributed by atoms with E-state index < -0.39 is 0 Å². The van der Waals surface area contributed by atoms with Crippen molar-refractivity contribution in [3.05, 3.63) is 29.8 Å². The van der Waals surface area contributed by atoms with Gasteiger partial charge in [0.15, 0.2) is 0 Å². The fourth-order valence-electron chi connectivity index (χ4n) is 2.59. The van der Waals surface area contributed by atoms with Gasteiger partial charge in [-0.15, -0.1) is 0 Å². The highest BCUT2D eigenvalue weighted by Gasteiger charge is 2.18. The zero-order valence-corrected chi connectivity index (χ0v) is 12.8. The van der Waals surface area contributed by atoms with Gasteiger partial charge < -0.3 is 15.2 Å². The summed E-state index contributed by atoms with van der Waals surface area (Å²) >= 11 is 0. The monoisotopic (exact) mass is 287 g/mol. The highest BCUT2D eigenvalue weighted by atomic mass is 16.5.